The van der Waals surface area contributed by atoms with Crippen molar-refractivity contribution in [3.05, 3.63) is 60.2 Å². The number of hydrogen-bond acceptors (Lipinski definition) is 1. The minimum Gasteiger partial charge on any atom is -0.388 e. The predicted octanol–water partition coefficient (Wildman–Crippen LogP) is 4.26. The van der Waals surface area contributed by atoms with Gasteiger partial charge in [0.15, 0.2) is 0 Å². The molecule has 0 fully saturated rings. The van der Waals surface area contributed by atoms with Gasteiger partial charge in [0.2, 0.25) is 0 Å². The third-order valence-corrected chi connectivity index (χ3v) is 2.45. The van der Waals surface area contributed by atoms with Crippen LogP contribution in [0.3, 0.4) is 0 Å². The van der Waals surface area contributed by atoms with Crippen LogP contribution in [0.1, 0.15) is 19.4 Å². The van der Waals surface area contributed by atoms with Gasteiger partial charge in [-0.15, -0.1) is 0 Å². The van der Waals surface area contributed by atoms with Gasteiger partial charge in [0, 0.05) is 12.7 Å². The summed E-state index contributed by atoms with van der Waals surface area (Å²) in [6.07, 6.45) is 5.98. The quantitative estimate of drug-likeness (QED) is 0.737. The molecule has 0 atom stereocenters. The summed E-state index contributed by atoms with van der Waals surface area (Å²) in [4.78, 5) is 0. The Morgan fingerprint density at radius 3 is 2.31 bits per heavy atom. The van der Waals surface area contributed by atoms with E-state index in [0.29, 0.717) is 0 Å². The highest BCUT2D eigenvalue weighted by Crippen LogP contribution is 2.18. The third kappa shape index (κ3) is 3.43. The van der Waals surface area contributed by atoms with Crippen LogP contribution in [0.4, 0.5) is 5.69 Å². The Bertz CT molecular complexity index is 408. The average Bonchev–Trinajstić information content (AvgIpc) is 2.29. The molecular formula is C15H19N. The summed E-state index contributed by atoms with van der Waals surface area (Å²) in [5.41, 5.74) is 4.86. The second-order valence-electron chi connectivity index (χ2n) is 3.80. The molecule has 1 aromatic rings. The second kappa shape index (κ2) is 5.96. The Hall–Kier alpha value is -1.76. The monoisotopic (exact) mass is 213 g/mol. The molecule has 0 aliphatic rings. The molecule has 0 saturated carbocycles. The van der Waals surface area contributed by atoms with Crippen molar-refractivity contribution in [2.45, 2.75) is 13.8 Å². The van der Waals surface area contributed by atoms with Crippen LogP contribution < -0.4 is 5.32 Å². The Balaban J connectivity index is 2.91. The second-order valence-corrected chi connectivity index (χ2v) is 3.80. The number of anilines is 1. The number of rotatable bonds is 4. The van der Waals surface area contributed by atoms with E-state index in [0.717, 1.165) is 5.69 Å². The Morgan fingerprint density at radius 1 is 1.19 bits per heavy atom. The van der Waals surface area contributed by atoms with E-state index in [-0.39, 0.29) is 0 Å². The molecule has 16 heavy (non-hydrogen) atoms. The van der Waals surface area contributed by atoms with Gasteiger partial charge in [-0.3, -0.25) is 0 Å². The fraction of sp³-hybridized carbons (Fsp3) is 0.200. The lowest BCUT2D eigenvalue weighted by molar-refractivity contribution is 1.46. The molecule has 0 saturated heterocycles. The predicted molar refractivity (Wildman–Crippen MR) is 73.6 cm³/mol. The lowest BCUT2D eigenvalue weighted by Crippen LogP contribution is -1.87. The van der Waals surface area contributed by atoms with E-state index in [4.69, 9.17) is 0 Å². The number of nitrogens with one attached hydrogen (secondary N) is 1. The first-order valence-corrected chi connectivity index (χ1v) is 5.43. The van der Waals surface area contributed by atoms with Gasteiger partial charge in [0.25, 0.3) is 0 Å². The van der Waals surface area contributed by atoms with Crippen LogP contribution in [0, 0.1) is 0 Å². The molecule has 1 aromatic carbocycles. The average molecular weight is 213 g/mol. The van der Waals surface area contributed by atoms with E-state index >= 15 is 0 Å². The van der Waals surface area contributed by atoms with E-state index in [1.807, 2.05) is 19.2 Å². The zero-order valence-corrected chi connectivity index (χ0v) is 10.2. The van der Waals surface area contributed by atoms with Gasteiger partial charge >= 0.3 is 0 Å². The molecule has 1 heteroatoms. The van der Waals surface area contributed by atoms with Crippen LogP contribution in [0.25, 0.3) is 5.57 Å². The molecule has 1 rings (SSSR count). The van der Waals surface area contributed by atoms with Crippen LogP contribution in [0.2, 0.25) is 0 Å². The maximum absolute atomic E-state index is 3.69. The summed E-state index contributed by atoms with van der Waals surface area (Å²) in [5.74, 6) is 0. The molecule has 0 bridgehead atoms. The largest absolute Gasteiger partial charge is 0.388 e. The van der Waals surface area contributed by atoms with Crippen molar-refractivity contribution in [3.8, 4) is 0 Å². The lowest BCUT2D eigenvalue weighted by Gasteiger charge is -2.04. The van der Waals surface area contributed by atoms with Crippen molar-refractivity contribution in [2.75, 3.05) is 12.4 Å². The van der Waals surface area contributed by atoms with Crippen LogP contribution in [-0.2, 0) is 0 Å². The Kier molecular flexibility index (Phi) is 4.59. The van der Waals surface area contributed by atoms with Crippen molar-refractivity contribution in [3.63, 3.8) is 0 Å². The number of benzene rings is 1. The van der Waals surface area contributed by atoms with Gasteiger partial charge in [0.05, 0.1) is 0 Å². The standard InChI is InChI=1S/C15H19N/c1-5-6-12(2)11-13(3)14-7-9-15(16-4)10-8-14/h5-11,16H,1H2,2-4H3. The van der Waals surface area contributed by atoms with Crippen LogP contribution >= 0.6 is 0 Å². The minimum atomic E-state index is 1.13. The summed E-state index contributed by atoms with van der Waals surface area (Å²) in [5, 5.41) is 3.11. The molecule has 0 spiro atoms. The molecular weight excluding hydrogens is 194 g/mol. The van der Waals surface area contributed by atoms with E-state index in [2.05, 4.69) is 56.1 Å². The first kappa shape index (κ1) is 12.3. The summed E-state index contributed by atoms with van der Waals surface area (Å²) < 4.78 is 0. The van der Waals surface area contributed by atoms with E-state index in [1.54, 1.807) is 0 Å². The van der Waals surface area contributed by atoms with Crippen molar-refractivity contribution in [1.82, 2.24) is 0 Å². The Morgan fingerprint density at radius 2 is 1.81 bits per heavy atom. The molecule has 0 aromatic heterocycles. The summed E-state index contributed by atoms with van der Waals surface area (Å²) in [6.45, 7) is 7.89. The highest BCUT2D eigenvalue weighted by molar-refractivity contribution is 5.67. The zero-order chi connectivity index (χ0) is 12.0. The third-order valence-electron chi connectivity index (χ3n) is 2.45. The molecule has 1 nitrogen and oxygen atoms in total. The van der Waals surface area contributed by atoms with Gasteiger partial charge in [-0.05, 0) is 37.1 Å². The van der Waals surface area contributed by atoms with Crippen LogP contribution in [0.5, 0.6) is 0 Å². The van der Waals surface area contributed by atoms with Crippen molar-refractivity contribution >= 4 is 11.3 Å². The molecule has 0 radical (unpaired) electrons. The number of hydrogen-bond donors (Lipinski definition) is 1. The first-order chi connectivity index (χ1) is 7.67. The fourth-order valence-electron chi connectivity index (χ4n) is 1.56. The molecule has 0 amide bonds. The van der Waals surface area contributed by atoms with Gasteiger partial charge in [-0.2, -0.15) is 0 Å². The fourth-order valence-corrected chi connectivity index (χ4v) is 1.56. The van der Waals surface area contributed by atoms with Gasteiger partial charge in [-0.1, -0.05) is 42.5 Å². The maximum atomic E-state index is 3.69. The molecule has 0 heterocycles. The van der Waals surface area contributed by atoms with Crippen LogP contribution in [-0.4, -0.2) is 7.05 Å². The molecule has 1 N–H and O–H groups in total. The smallest absolute Gasteiger partial charge is 0.0337 e. The van der Waals surface area contributed by atoms with E-state index in [9.17, 15) is 0 Å². The SMILES string of the molecule is C=CC=C(C)C=C(C)c1ccc(NC)cc1. The first-order valence-electron chi connectivity index (χ1n) is 5.43. The minimum absolute atomic E-state index is 1.13. The van der Waals surface area contributed by atoms with E-state index in [1.165, 1.54) is 16.7 Å². The van der Waals surface area contributed by atoms with E-state index < -0.39 is 0 Å². The summed E-state index contributed by atoms with van der Waals surface area (Å²) >= 11 is 0. The van der Waals surface area contributed by atoms with Crippen molar-refractivity contribution < 1.29 is 0 Å². The number of allylic oxidation sites excluding steroid dienone is 5. The normalized spacial score (nSPS) is 12.4. The van der Waals surface area contributed by atoms with Gasteiger partial charge < -0.3 is 5.32 Å². The van der Waals surface area contributed by atoms with Crippen LogP contribution in [0.15, 0.2) is 54.6 Å². The van der Waals surface area contributed by atoms with Gasteiger partial charge in [-0.25, -0.2) is 0 Å². The molecule has 0 aliphatic heterocycles. The zero-order valence-electron chi connectivity index (χ0n) is 10.2. The van der Waals surface area contributed by atoms with Crippen molar-refractivity contribution in [1.29, 1.82) is 0 Å². The maximum Gasteiger partial charge on any atom is 0.0337 e. The summed E-state index contributed by atoms with van der Waals surface area (Å²) in [6, 6.07) is 8.41. The molecule has 0 unspecified atom stereocenters. The molecule has 0 aliphatic carbocycles. The highest BCUT2D eigenvalue weighted by atomic mass is 14.8. The highest BCUT2D eigenvalue weighted by Gasteiger charge is 1.95. The van der Waals surface area contributed by atoms with Crippen molar-refractivity contribution in [2.24, 2.45) is 0 Å². The topological polar surface area (TPSA) is 12.0 Å². The van der Waals surface area contributed by atoms with Gasteiger partial charge in [0.1, 0.15) is 0 Å². The molecule has 84 valence electrons. The lowest BCUT2D eigenvalue weighted by atomic mass is 10.0. The Labute approximate surface area is 98.2 Å². The summed E-state index contributed by atoms with van der Waals surface area (Å²) in [7, 11) is 1.93.